The maximum Gasteiger partial charge on any atom is 0.197 e. The van der Waals surface area contributed by atoms with Gasteiger partial charge in [0, 0.05) is 10.0 Å². The van der Waals surface area contributed by atoms with Gasteiger partial charge in [0.25, 0.3) is 0 Å². The predicted molar refractivity (Wildman–Crippen MR) is 64.0 cm³/mol. The molecular formula is C13H8BrFO. The molecule has 0 unspecified atom stereocenters. The molecule has 0 fully saturated rings. The highest BCUT2D eigenvalue weighted by Crippen LogP contribution is 2.20. The van der Waals surface area contributed by atoms with Gasteiger partial charge in [-0.2, -0.15) is 0 Å². The van der Waals surface area contributed by atoms with Gasteiger partial charge in [-0.3, -0.25) is 4.79 Å². The molecule has 0 spiro atoms. The van der Waals surface area contributed by atoms with E-state index in [1.165, 1.54) is 12.1 Å². The van der Waals surface area contributed by atoms with Crippen LogP contribution in [0.3, 0.4) is 0 Å². The Bertz CT molecular complexity index is 489. The normalized spacial score (nSPS) is 10.1. The van der Waals surface area contributed by atoms with Gasteiger partial charge in [-0.25, -0.2) is 4.39 Å². The molecule has 0 saturated carbocycles. The van der Waals surface area contributed by atoms with Gasteiger partial charge in [-0.05, 0) is 24.3 Å². The molecule has 2 aromatic rings. The topological polar surface area (TPSA) is 17.1 Å². The number of hydrogen-bond acceptors (Lipinski definition) is 1. The van der Waals surface area contributed by atoms with Crippen LogP contribution in [0.5, 0.6) is 0 Å². The number of rotatable bonds is 2. The van der Waals surface area contributed by atoms with E-state index < -0.39 is 5.82 Å². The molecule has 1 nitrogen and oxygen atoms in total. The van der Waals surface area contributed by atoms with Crippen molar-refractivity contribution in [3.63, 3.8) is 0 Å². The number of ketones is 1. The van der Waals surface area contributed by atoms with E-state index in [9.17, 15) is 9.18 Å². The molecule has 16 heavy (non-hydrogen) atoms. The van der Waals surface area contributed by atoms with Gasteiger partial charge >= 0.3 is 0 Å². The lowest BCUT2D eigenvalue weighted by Crippen LogP contribution is -2.04. The summed E-state index contributed by atoms with van der Waals surface area (Å²) < 4.78 is 14.1. The van der Waals surface area contributed by atoms with Crippen LogP contribution in [-0.4, -0.2) is 5.78 Å². The van der Waals surface area contributed by atoms with Crippen molar-refractivity contribution in [2.45, 2.75) is 0 Å². The Hall–Kier alpha value is -1.48. The minimum absolute atomic E-state index is 0.0920. The fourth-order valence-electron chi connectivity index (χ4n) is 1.44. The molecule has 0 aliphatic carbocycles. The summed E-state index contributed by atoms with van der Waals surface area (Å²) in [6.07, 6.45) is 0. The molecule has 2 rings (SSSR count). The van der Waals surface area contributed by atoms with Gasteiger partial charge in [0.1, 0.15) is 5.82 Å². The molecule has 3 heteroatoms. The summed E-state index contributed by atoms with van der Waals surface area (Å²) >= 11 is 3.28. The summed E-state index contributed by atoms with van der Waals surface area (Å²) in [6, 6.07) is 13.0. The minimum atomic E-state index is -0.497. The van der Waals surface area contributed by atoms with Gasteiger partial charge in [-0.15, -0.1) is 0 Å². The van der Waals surface area contributed by atoms with Gasteiger partial charge < -0.3 is 0 Å². The van der Waals surface area contributed by atoms with Crippen molar-refractivity contribution in [1.82, 2.24) is 0 Å². The molecule has 0 aliphatic rings. The van der Waals surface area contributed by atoms with Crippen LogP contribution in [0.25, 0.3) is 0 Å². The number of benzene rings is 2. The Balaban J connectivity index is 2.48. The van der Waals surface area contributed by atoms with E-state index in [0.29, 0.717) is 10.0 Å². The summed E-state index contributed by atoms with van der Waals surface area (Å²) in [5.41, 5.74) is 0.557. The van der Waals surface area contributed by atoms with E-state index in [1.807, 2.05) is 6.07 Å². The summed E-state index contributed by atoms with van der Waals surface area (Å²) in [5.74, 6) is -0.811. The minimum Gasteiger partial charge on any atom is -0.288 e. The zero-order valence-electron chi connectivity index (χ0n) is 8.28. The molecule has 0 saturated heterocycles. The highest BCUT2D eigenvalue weighted by Gasteiger charge is 2.15. The van der Waals surface area contributed by atoms with Crippen LogP contribution in [0.4, 0.5) is 4.39 Å². The summed E-state index contributed by atoms with van der Waals surface area (Å²) in [4.78, 5) is 12.0. The Kier molecular flexibility index (Phi) is 3.15. The van der Waals surface area contributed by atoms with Crippen LogP contribution >= 0.6 is 15.9 Å². The third kappa shape index (κ3) is 2.04. The Labute approximate surface area is 101 Å². The maximum absolute atomic E-state index is 13.4. The smallest absolute Gasteiger partial charge is 0.197 e. The van der Waals surface area contributed by atoms with E-state index in [2.05, 4.69) is 15.9 Å². The van der Waals surface area contributed by atoms with Crippen LogP contribution in [0.2, 0.25) is 0 Å². The van der Waals surface area contributed by atoms with Crippen molar-refractivity contribution in [3.05, 3.63) is 69.9 Å². The maximum atomic E-state index is 13.4. The molecule has 0 aromatic heterocycles. The zero-order valence-corrected chi connectivity index (χ0v) is 9.87. The molecule has 0 amide bonds. The molecule has 80 valence electrons. The number of hydrogen-bond donors (Lipinski definition) is 0. The van der Waals surface area contributed by atoms with Crippen LogP contribution in [0, 0.1) is 5.82 Å². The van der Waals surface area contributed by atoms with Crippen LogP contribution in [-0.2, 0) is 0 Å². The lowest BCUT2D eigenvalue weighted by atomic mass is 10.0. The third-order valence-electron chi connectivity index (χ3n) is 2.24. The quantitative estimate of drug-likeness (QED) is 0.764. The first kappa shape index (κ1) is 11.0. The Morgan fingerprint density at radius 1 is 0.938 bits per heavy atom. The fraction of sp³-hybridized carbons (Fsp3) is 0. The van der Waals surface area contributed by atoms with Crippen LogP contribution in [0.15, 0.2) is 53.0 Å². The van der Waals surface area contributed by atoms with Crippen LogP contribution in [0.1, 0.15) is 15.9 Å². The van der Waals surface area contributed by atoms with E-state index in [1.54, 1.807) is 30.3 Å². The van der Waals surface area contributed by atoms with Crippen molar-refractivity contribution in [1.29, 1.82) is 0 Å². The standard InChI is InChI=1S/C13H8BrFO/c14-11-7-3-1-5-9(11)13(16)10-6-2-4-8-12(10)15/h1-8H. The molecule has 0 N–H and O–H groups in total. The first-order valence-corrected chi connectivity index (χ1v) is 5.53. The lowest BCUT2D eigenvalue weighted by molar-refractivity contribution is 0.103. The van der Waals surface area contributed by atoms with Crippen molar-refractivity contribution in [2.24, 2.45) is 0 Å². The largest absolute Gasteiger partial charge is 0.288 e. The van der Waals surface area contributed by atoms with E-state index in [-0.39, 0.29) is 11.3 Å². The van der Waals surface area contributed by atoms with Crippen molar-refractivity contribution in [3.8, 4) is 0 Å². The first-order chi connectivity index (χ1) is 7.70. The van der Waals surface area contributed by atoms with Gasteiger partial charge in [-0.1, -0.05) is 40.2 Å². The molecule has 0 bridgehead atoms. The lowest BCUT2D eigenvalue weighted by Gasteiger charge is -2.04. The summed E-state index contributed by atoms with van der Waals surface area (Å²) in [5, 5.41) is 0. The monoisotopic (exact) mass is 278 g/mol. The summed E-state index contributed by atoms with van der Waals surface area (Å²) in [7, 11) is 0. The van der Waals surface area contributed by atoms with Crippen molar-refractivity contribution < 1.29 is 9.18 Å². The van der Waals surface area contributed by atoms with E-state index in [4.69, 9.17) is 0 Å². The molecule has 0 aliphatic heterocycles. The van der Waals surface area contributed by atoms with Crippen molar-refractivity contribution >= 4 is 21.7 Å². The highest BCUT2D eigenvalue weighted by atomic mass is 79.9. The van der Waals surface area contributed by atoms with Gasteiger partial charge in [0.05, 0.1) is 5.56 Å². The molecule has 0 radical (unpaired) electrons. The third-order valence-corrected chi connectivity index (χ3v) is 2.93. The molecule has 0 atom stereocenters. The summed E-state index contributed by atoms with van der Waals surface area (Å²) in [6.45, 7) is 0. The fourth-order valence-corrected chi connectivity index (χ4v) is 1.90. The predicted octanol–water partition coefficient (Wildman–Crippen LogP) is 3.82. The number of halogens is 2. The van der Waals surface area contributed by atoms with Gasteiger partial charge in [0.15, 0.2) is 5.78 Å². The number of carbonyl (C=O) groups excluding carboxylic acids is 1. The second-order valence-electron chi connectivity index (χ2n) is 3.29. The van der Waals surface area contributed by atoms with Crippen LogP contribution < -0.4 is 0 Å². The molecule has 0 heterocycles. The number of carbonyl (C=O) groups is 1. The van der Waals surface area contributed by atoms with Gasteiger partial charge in [0.2, 0.25) is 0 Å². The molecule has 2 aromatic carbocycles. The Morgan fingerprint density at radius 2 is 1.50 bits per heavy atom. The SMILES string of the molecule is O=C(c1ccccc1F)c1ccccc1Br. The average molecular weight is 279 g/mol. The first-order valence-electron chi connectivity index (χ1n) is 4.74. The average Bonchev–Trinajstić information content (AvgIpc) is 2.29. The Morgan fingerprint density at radius 3 is 2.12 bits per heavy atom. The highest BCUT2D eigenvalue weighted by molar-refractivity contribution is 9.10. The van der Waals surface area contributed by atoms with E-state index >= 15 is 0 Å². The van der Waals surface area contributed by atoms with Crippen molar-refractivity contribution in [2.75, 3.05) is 0 Å². The second kappa shape index (κ2) is 4.58. The zero-order chi connectivity index (χ0) is 11.5. The van der Waals surface area contributed by atoms with E-state index in [0.717, 1.165) is 0 Å². The second-order valence-corrected chi connectivity index (χ2v) is 4.14. The molecular weight excluding hydrogens is 271 g/mol.